The Labute approximate surface area is 276 Å². The average molecular weight is 647 g/mol. The van der Waals surface area contributed by atoms with Gasteiger partial charge in [0.15, 0.2) is 22.8 Å². The summed E-state index contributed by atoms with van der Waals surface area (Å²) in [6, 6.07) is 0. The number of allylic oxidation sites excluding steroid dienone is 5. The van der Waals surface area contributed by atoms with Crippen molar-refractivity contribution < 1.29 is 43.9 Å². The summed E-state index contributed by atoms with van der Waals surface area (Å²) in [7, 11) is 0. The van der Waals surface area contributed by atoms with Crippen molar-refractivity contribution in [2.75, 3.05) is 0 Å². The lowest BCUT2D eigenvalue weighted by Crippen LogP contribution is -2.72. The molecule has 0 radical (unpaired) electrons. The Hall–Kier alpha value is -3.69. The summed E-state index contributed by atoms with van der Waals surface area (Å²) in [6.07, 6.45) is 8.28. The first-order valence-corrected chi connectivity index (χ1v) is 16.5. The second-order valence-electron chi connectivity index (χ2n) is 15.3. The van der Waals surface area contributed by atoms with E-state index >= 15 is 0 Å². The zero-order valence-corrected chi connectivity index (χ0v) is 28.6. The molecule has 7 rings (SSSR count). The molecular weight excluding hydrogens is 600 g/mol. The number of phenols is 1. The number of hydrogen-bond acceptors (Lipinski definition) is 8. The van der Waals surface area contributed by atoms with Gasteiger partial charge in [0.1, 0.15) is 28.4 Å². The Morgan fingerprint density at radius 2 is 1.68 bits per heavy atom. The van der Waals surface area contributed by atoms with Crippen molar-refractivity contribution in [2.45, 2.75) is 122 Å². The Kier molecular flexibility index (Phi) is 7.72. The summed E-state index contributed by atoms with van der Waals surface area (Å²) in [5.74, 6) is -2.90. The van der Waals surface area contributed by atoms with Gasteiger partial charge in [0.25, 0.3) is 0 Å². The highest BCUT2D eigenvalue weighted by Gasteiger charge is 2.81. The number of Topliss-reactive ketones (excluding diaryl/α,β-unsaturated/α-hetero) is 2. The van der Waals surface area contributed by atoms with Gasteiger partial charge in [-0.3, -0.25) is 9.59 Å². The van der Waals surface area contributed by atoms with Crippen LogP contribution in [0.25, 0.3) is 0 Å². The van der Waals surface area contributed by atoms with Crippen LogP contribution >= 0.6 is 0 Å². The molecule has 0 unspecified atom stereocenters. The van der Waals surface area contributed by atoms with Crippen LogP contribution in [0.4, 0.5) is 0 Å². The first-order chi connectivity index (χ1) is 21.9. The number of hydrogen-bond donors (Lipinski definition) is 3. The van der Waals surface area contributed by atoms with Gasteiger partial charge in [0.2, 0.25) is 0 Å². The molecule has 1 saturated heterocycles. The van der Waals surface area contributed by atoms with Crippen LogP contribution in [-0.2, 0) is 20.7 Å². The molecule has 252 valence electrons. The molecule has 3 aliphatic heterocycles. The number of aliphatic hydroxyl groups is 1. The number of phenolic OH excluding ortho intramolecular Hbond substituents is 1. The molecule has 1 aromatic carbocycles. The fourth-order valence-electron chi connectivity index (χ4n) is 8.64. The van der Waals surface area contributed by atoms with Gasteiger partial charge in [-0.1, -0.05) is 35.5 Å². The molecule has 4 bridgehead atoms. The van der Waals surface area contributed by atoms with Crippen LogP contribution in [0.1, 0.15) is 115 Å². The molecule has 0 aromatic heterocycles. The molecule has 3 heterocycles. The lowest BCUT2D eigenvalue weighted by atomic mass is 9.51. The number of aliphatic carboxylic acids is 1. The van der Waals surface area contributed by atoms with Crippen LogP contribution in [0, 0.1) is 11.8 Å². The van der Waals surface area contributed by atoms with Crippen LogP contribution in [0.5, 0.6) is 17.2 Å². The molecule has 3 aliphatic carbocycles. The Morgan fingerprint density at radius 3 is 2.32 bits per heavy atom. The first-order valence-electron chi connectivity index (χ1n) is 16.5. The second-order valence-corrected chi connectivity index (χ2v) is 15.3. The Bertz CT molecular complexity index is 1720. The van der Waals surface area contributed by atoms with E-state index in [1.807, 2.05) is 54.5 Å². The van der Waals surface area contributed by atoms with Crippen molar-refractivity contribution in [3.63, 3.8) is 0 Å². The summed E-state index contributed by atoms with van der Waals surface area (Å²) in [4.78, 5) is 40.9. The number of aromatic hydroxyl groups is 1. The molecule has 1 saturated carbocycles. The van der Waals surface area contributed by atoms with Crippen LogP contribution in [0.2, 0.25) is 0 Å². The minimum absolute atomic E-state index is 0.0497. The molecule has 6 aliphatic rings. The van der Waals surface area contributed by atoms with E-state index in [0.29, 0.717) is 18.4 Å². The van der Waals surface area contributed by atoms with E-state index in [9.17, 15) is 29.7 Å². The average Bonchev–Trinajstić information content (AvgIpc) is 3.11. The minimum Gasteiger partial charge on any atom is -0.506 e. The number of benzene rings is 1. The monoisotopic (exact) mass is 646 g/mol. The van der Waals surface area contributed by atoms with Crippen molar-refractivity contribution in [2.24, 2.45) is 11.8 Å². The number of ether oxygens (including phenoxy) is 3. The van der Waals surface area contributed by atoms with Crippen LogP contribution in [-0.4, -0.2) is 55.3 Å². The van der Waals surface area contributed by atoms with Crippen molar-refractivity contribution in [1.29, 1.82) is 0 Å². The van der Waals surface area contributed by atoms with E-state index in [4.69, 9.17) is 14.2 Å². The number of carboxylic acids is 1. The maximum Gasteiger partial charge on any atom is 0.330 e. The van der Waals surface area contributed by atoms with Crippen molar-refractivity contribution in [3.8, 4) is 17.2 Å². The van der Waals surface area contributed by atoms with Crippen LogP contribution in [0.15, 0.2) is 46.6 Å². The van der Waals surface area contributed by atoms with Crippen molar-refractivity contribution in [3.05, 3.63) is 63.3 Å². The van der Waals surface area contributed by atoms with E-state index in [0.717, 1.165) is 12.0 Å². The SMILES string of the molecule is CC(C)=CCC[C@]1(C)C[C@H](O)c2c(O)c3c(c(CC=C(C)C)c2O1)O[C@@]12C(=C[C@H]4C[C@H]1C(C)(C)O[C@@]2(C/C=C(\C)C(=O)O)C4=O)C3=O. The molecule has 6 atom stereocenters. The van der Waals surface area contributed by atoms with Gasteiger partial charge in [-0.25, -0.2) is 4.79 Å². The van der Waals surface area contributed by atoms with E-state index in [2.05, 4.69) is 6.08 Å². The third-order valence-corrected chi connectivity index (χ3v) is 10.9. The first kappa shape index (κ1) is 33.2. The predicted octanol–water partition coefficient (Wildman–Crippen LogP) is 6.65. The highest BCUT2D eigenvalue weighted by Crippen LogP contribution is 2.69. The lowest BCUT2D eigenvalue weighted by Gasteiger charge is -2.56. The number of aliphatic hydroxyl groups excluding tert-OH is 1. The molecule has 9 nitrogen and oxygen atoms in total. The Balaban J connectivity index is 1.60. The highest BCUT2D eigenvalue weighted by molar-refractivity contribution is 6.18. The summed E-state index contributed by atoms with van der Waals surface area (Å²) >= 11 is 0. The van der Waals surface area contributed by atoms with Gasteiger partial charge in [-0.2, -0.15) is 0 Å². The second kappa shape index (κ2) is 10.9. The molecule has 9 heteroatoms. The fourth-order valence-corrected chi connectivity index (χ4v) is 8.64. The quantitative estimate of drug-likeness (QED) is 0.209. The van der Waals surface area contributed by atoms with Crippen molar-refractivity contribution >= 4 is 17.5 Å². The van der Waals surface area contributed by atoms with E-state index in [1.54, 1.807) is 6.08 Å². The topological polar surface area (TPSA) is 140 Å². The number of carboxylic acid groups (broad SMARTS) is 1. The standard InChI is InChI=1S/C38H46O9/c1-19(2)10-9-14-36(8)18-25(39)27-30(41)28-29(40)24-16-22-17-26-35(6,7)47-37(33(22)42,15-13-21(5)34(43)44)38(24,26)46-32(28)23(31(27)45-36)12-11-20(3)4/h10-11,13,16,22,25-26,39,41H,9,12,14-15,17-18H2,1-8H3,(H,43,44)/b21-13+/t22-,25-,26-,36+,37-,38-/m0/s1. The summed E-state index contributed by atoms with van der Waals surface area (Å²) in [5, 5.41) is 33.0. The third kappa shape index (κ3) is 4.75. The summed E-state index contributed by atoms with van der Waals surface area (Å²) in [6.45, 7) is 15.1. The number of carbonyl (C=O) groups excluding carboxylic acids is 2. The molecule has 1 spiro atoms. The van der Waals surface area contributed by atoms with Gasteiger partial charge in [0, 0.05) is 41.4 Å². The molecular formula is C38H46O9. The van der Waals surface area contributed by atoms with Crippen molar-refractivity contribution in [1.82, 2.24) is 0 Å². The van der Waals surface area contributed by atoms with E-state index < -0.39 is 52.1 Å². The predicted molar refractivity (Wildman–Crippen MR) is 175 cm³/mol. The zero-order valence-electron chi connectivity index (χ0n) is 28.6. The number of fused-ring (bicyclic) bond motifs is 2. The highest BCUT2D eigenvalue weighted by atomic mass is 16.6. The maximum absolute atomic E-state index is 14.8. The smallest absolute Gasteiger partial charge is 0.330 e. The van der Waals surface area contributed by atoms with Gasteiger partial charge < -0.3 is 29.5 Å². The van der Waals surface area contributed by atoms with Gasteiger partial charge in [0.05, 0.1) is 17.3 Å². The minimum atomic E-state index is -1.67. The number of ketones is 2. The molecule has 2 fully saturated rings. The Morgan fingerprint density at radius 1 is 1.00 bits per heavy atom. The summed E-state index contributed by atoms with van der Waals surface area (Å²) < 4.78 is 20.6. The third-order valence-electron chi connectivity index (χ3n) is 10.9. The largest absolute Gasteiger partial charge is 0.506 e. The maximum atomic E-state index is 14.8. The normalized spacial score (nSPS) is 32.7. The fraction of sp³-hybridized carbons (Fsp3) is 0.553. The van der Waals surface area contributed by atoms with Crippen LogP contribution in [0.3, 0.4) is 0 Å². The number of carbonyl (C=O) groups is 3. The number of rotatable bonds is 8. The molecule has 0 amide bonds. The van der Waals surface area contributed by atoms with Crippen LogP contribution < -0.4 is 9.47 Å². The summed E-state index contributed by atoms with van der Waals surface area (Å²) in [5.41, 5.74) is -1.83. The molecule has 3 N–H and O–H groups in total. The lowest BCUT2D eigenvalue weighted by molar-refractivity contribution is -0.171. The van der Waals surface area contributed by atoms with Gasteiger partial charge in [-0.15, -0.1) is 0 Å². The van der Waals surface area contributed by atoms with E-state index in [1.165, 1.54) is 18.6 Å². The van der Waals surface area contributed by atoms with E-state index in [-0.39, 0.29) is 64.6 Å². The van der Waals surface area contributed by atoms with Gasteiger partial charge in [-0.05, 0) is 81.1 Å². The molecule has 47 heavy (non-hydrogen) atoms. The zero-order chi connectivity index (χ0) is 34.4. The van der Waals surface area contributed by atoms with Gasteiger partial charge >= 0.3 is 5.97 Å². The molecule has 1 aromatic rings.